The van der Waals surface area contributed by atoms with Crippen LogP contribution in [0, 0.1) is 5.92 Å². The third-order valence-corrected chi connectivity index (χ3v) is 5.80. The van der Waals surface area contributed by atoms with Gasteiger partial charge in [-0.3, -0.25) is 14.9 Å². The fourth-order valence-electron chi connectivity index (χ4n) is 4.24. The van der Waals surface area contributed by atoms with E-state index in [0.717, 1.165) is 11.0 Å². The van der Waals surface area contributed by atoms with Gasteiger partial charge < -0.3 is 19.5 Å². The van der Waals surface area contributed by atoms with Crippen molar-refractivity contribution in [2.75, 3.05) is 26.2 Å². The number of carbonyl (C=O) groups is 3. The second kappa shape index (κ2) is 8.06. The Labute approximate surface area is 174 Å². The fraction of sp³-hybridized carbons (Fsp3) is 0.524. The molecule has 2 aliphatic heterocycles. The average molecular weight is 413 g/mol. The maximum absolute atomic E-state index is 12.6. The summed E-state index contributed by atoms with van der Waals surface area (Å²) < 4.78 is 5.56. The molecule has 1 aromatic carbocycles. The van der Waals surface area contributed by atoms with Gasteiger partial charge in [-0.25, -0.2) is 9.78 Å². The second-order valence-corrected chi connectivity index (χ2v) is 8.37. The van der Waals surface area contributed by atoms with Crippen molar-refractivity contribution >= 4 is 28.9 Å². The number of nitrogens with zero attached hydrogens (tertiary/aromatic N) is 3. The van der Waals surface area contributed by atoms with Crippen LogP contribution in [0.4, 0.5) is 4.79 Å². The molecule has 2 saturated heterocycles. The van der Waals surface area contributed by atoms with Crippen LogP contribution >= 0.6 is 0 Å². The normalized spacial score (nSPS) is 18.6. The number of para-hydroxylation sites is 2. The van der Waals surface area contributed by atoms with Crippen molar-refractivity contribution in [3.63, 3.8) is 0 Å². The molecule has 2 N–H and O–H groups in total. The molecule has 2 fully saturated rings. The van der Waals surface area contributed by atoms with Gasteiger partial charge in [-0.2, -0.15) is 0 Å². The van der Waals surface area contributed by atoms with E-state index in [1.807, 2.05) is 38.1 Å². The Morgan fingerprint density at radius 2 is 1.97 bits per heavy atom. The van der Waals surface area contributed by atoms with Gasteiger partial charge in [0.25, 0.3) is 5.91 Å². The lowest BCUT2D eigenvalue weighted by Crippen LogP contribution is -2.58. The number of urea groups is 1. The van der Waals surface area contributed by atoms with Crippen LogP contribution in [0.1, 0.15) is 32.5 Å². The van der Waals surface area contributed by atoms with Crippen LogP contribution in [-0.4, -0.2) is 69.4 Å². The maximum Gasteiger partial charge on any atom is 0.325 e. The molecule has 0 aliphatic carbocycles. The number of amides is 4. The number of imidazole rings is 1. The van der Waals surface area contributed by atoms with E-state index in [-0.39, 0.29) is 37.0 Å². The van der Waals surface area contributed by atoms with Gasteiger partial charge in [-0.05, 0) is 30.9 Å². The fourth-order valence-corrected chi connectivity index (χ4v) is 4.24. The highest BCUT2D eigenvalue weighted by Gasteiger charge is 2.54. The van der Waals surface area contributed by atoms with Gasteiger partial charge in [0, 0.05) is 19.6 Å². The minimum Gasteiger partial charge on any atom is -0.364 e. The van der Waals surface area contributed by atoms with E-state index in [2.05, 4.69) is 15.3 Å². The SMILES string of the molecule is CC(C)CN1C(=O)NC(=O)C12CCN(C(=O)COCc1nc3ccccc3[nH]1)CC2. The van der Waals surface area contributed by atoms with E-state index in [1.165, 1.54) is 0 Å². The van der Waals surface area contributed by atoms with Crippen molar-refractivity contribution in [2.24, 2.45) is 5.92 Å². The molecule has 9 nitrogen and oxygen atoms in total. The minimum atomic E-state index is -0.840. The van der Waals surface area contributed by atoms with E-state index in [0.29, 0.717) is 38.3 Å². The van der Waals surface area contributed by atoms with Gasteiger partial charge in [0.2, 0.25) is 5.91 Å². The predicted molar refractivity (Wildman–Crippen MR) is 109 cm³/mol. The highest BCUT2D eigenvalue weighted by molar-refractivity contribution is 6.07. The lowest BCUT2D eigenvalue weighted by atomic mass is 9.85. The number of carbonyl (C=O) groups excluding carboxylic acids is 3. The first kappa shape index (κ1) is 20.3. The Morgan fingerprint density at radius 1 is 1.23 bits per heavy atom. The number of H-pyrrole nitrogens is 1. The number of piperidine rings is 1. The van der Waals surface area contributed by atoms with Crippen molar-refractivity contribution in [3.05, 3.63) is 30.1 Å². The molecule has 9 heteroatoms. The summed E-state index contributed by atoms with van der Waals surface area (Å²) >= 11 is 0. The molecule has 0 saturated carbocycles. The first-order chi connectivity index (χ1) is 14.4. The zero-order valence-electron chi connectivity index (χ0n) is 17.3. The minimum absolute atomic E-state index is 0.0507. The van der Waals surface area contributed by atoms with E-state index in [4.69, 9.17) is 4.74 Å². The third-order valence-electron chi connectivity index (χ3n) is 5.80. The Kier molecular flexibility index (Phi) is 5.46. The Bertz CT molecular complexity index is 928. The number of rotatable bonds is 6. The van der Waals surface area contributed by atoms with Gasteiger partial charge in [0.05, 0.1) is 11.0 Å². The standard InChI is InChI=1S/C21H27N5O4/c1-14(2)11-26-20(29)24-19(28)21(26)7-9-25(10-8-21)18(27)13-30-12-17-22-15-5-3-4-6-16(15)23-17/h3-6,14H,7-13H2,1-2H3,(H,22,23)(H,24,28,29). The predicted octanol–water partition coefficient (Wildman–Crippen LogP) is 1.65. The molecule has 0 bridgehead atoms. The first-order valence-electron chi connectivity index (χ1n) is 10.3. The summed E-state index contributed by atoms with van der Waals surface area (Å²) in [6.07, 6.45) is 0.874. The number of hydrogen-bond donors (Lipinski definition) is 2. The molecular formula is C21H27N5O4. The van der Waals surface area contributed by atoms with Gasteiger partial charge in [-0.1, -0.05) is 26.0 Å². The summed E-state index contributed by atoms with van der Waals surface area (Å²) in [5.74, 6) is 0.555. The lowest BCUT2D eigenvalue weighted by Gasteiger charge is -2.42. The molecule has 0 atom stereocenters. The number of ether oxygens (including phenoxy) is 1. The smallest absolute Gasteiger partial charge is 0.325 e. The number of nitrogens with one attached hydrogen (secondary N) is 2. The third kappa shape index (κ3) is 3.77. The Morgan fingerprint density at radius 3 is 2.67 bits per heavy atom. The van der Waals surface area contributed by atoms with Gasteiger partial charge in [0.1, 0.15) is 24.6 Å². The molecule has 0 radical (unpaired) electrons. The summed E-state index contributed by atoms with van der Waals surface area (Å²) in [6.45, 7) is 5.56. The topological polar surface area (TPSA) is 108 Å². The number of aromatic nitrogens is 2. The number of aromatic amines is 1. The van der Waals surface area contributed by atoms with Crippen molar-refractivity contribution in [2.45, 2.75) is 38.8 Å². The summed E-state index contributed by atoms with van der Waals surface area (Å²) in [4.78, 5) is 48.3. The molecular weight excluding hydrogens is 386 g/mol. The summed E-state index contributed by atoms with van der Waals surface area (Å²) in [5.41, 5.74) is 0.950. The Balaban J connectivity index is 1.30. The zero-order chi connectivity index (χ0) is 21.3. The molecule has 30 heavy (non-hydrogen) atoms. The largest absolute Gasteiger partial charge is 0.364 e. The van der Waals surface area contributed by atoms with E-state index < -0.39 is 5.54 Å². The first-order valence-corrected chi connectivity index (χ1v) is 10.3. The highest BCUT2D eigenvalue weighted by Crippen LogP contribution is 2.34. The number of imide groups is 1. The Hall–Kier alpha value is -2.94. The molecule has 1 aromatic heterocycles. The molecule has 2 aliphatic rings. The molecule has 1 spiro atoms. The highest BCUT2D eigenvalue weighted by atomic mass is 16.5. The van der Waals surface area contributed by atoms with Crippen LogP contribution in [0.2, 0.25) is 0 Å². The van der Waals surface area contributed by atoms with Crippen molar-refractivity contribution < 1.29 is 19.1 Å². The molecule has 160 valence electrons. The van der Waals surface area contributed by atoms with Crippen molar-refractivity contribution in [3.8, 4) is 0 Å². The number of fused-ring (bicyclic) bond motifs is 1. The van der Waals surface area contributed by atoms with E-state index >= 15 is 0 Å². The van der Waals surface area contributed by atoms with Crippen LogP contribution in [0.25, 0.3) is 11.0 Å². The van der Waals surface area contributed by atoms with Crippen molar-refractivity contribution in [1.82, 2.24) is 25.1 Å². The molecule has 4 rings (SSSR count). The van der Waals surface area contributed by atoms with Gasteiger partial charge in [-0.15, -0.1) is 0 Å². The quantitative estimate of drug-likeness (QED) is 0.700. The summed E-state index contributed by atoms with van der Waals surface area (Å²) in [7, 11) is 0. The molecule has 0 unspecified atom stereocenters. The molecule has 3 heterocycles. The number of benzene rings is 1. The number of likely N-dealkylation sites (tertiary alicyclic amines) is 1. The van der Waals surface area contributed by atoms with Crippen LogP contribution in [0.3, 0.4) is 0 Å². The van der Waals surface area contributed by atoms with Crippen molar-refractivity contribution in [1.29, 1.82) is 0 Å². The van der Waals surface area contributed by atoms with Crippen LogP contribution in [-0.2, 0) is 20.9 Å². The van der Waals surface area contributed by atoms with E-state index in [9.17, 15) is 14.4 Å². The lowest BCUT2D eigenvalue weighted by molar-refractivity contribution is -0.142. The molecule has 4 amide bonds. The summed E-state index contributed by atoms with van der Waals surface area (Å²) in [6, 6.07) is 7.37. The zero-order valence-corrected chi connectivity index (χ0v) is 17.3. The summed E-state index contributed by atoms with van der Waals surface area (Å²) in [5, 5.41) is 2.45. The monoisotopic (exact) mass is 413 g/mol. The van der Waals surface area contributed by atoms with Crippen LogP contribution in [0.5, 0.6) is 0 Å². The van der Waals surface area contributed by atoms with Gasteiger partial charge in [0.15, 0.2) is 0 Å². The average Bonchev–Trinajstić information content (AvgIpc) is 3.22. The number of hydrogen-bond acceptors (Lipinski definition) is 5. The second-order valence-electron chi connectivity index (χ2n) is 8.37. The maximum atomic E-state index is 12.6. The molecule has 2 aromatic rings. The van der Waals surface area contributed by atoms with Gasteiger partial charge >= 0.3 is 6.03 Å². The van der Waals surface area contributed by atoms with Crippen LogP contribution < -0.4 is 5.32 Å². The van der Waals surface area contributed by atoms with E-state index in [1.54, 1.807) is 9.80 Å². The van der Waals surface area contributed by atoms with Crippen LogP contribution in [0.15, 0.2) is 24.3 Å².